The van der Waals surface area contributed by atoms with E-state index in [0.717, 1.165) is 0 Å². The van der Waals surface area contributed by atoms with Crippen LogP contribution in [0.1, 0.15) is 106 Å². The molecule has 2 aliphatic carbocycles. The molecule has 0 amide bonds. The summed E-state index contributed by atoms with van der Waals surface area (Å²) in [6.07, 6.45) is 16.3. The van der Waals surface area contributed by atoms with Crippen LogP contribution in [0.4, 0.5) is 0 Å². The monoisotopic (exact) mass is 636 g/mol. The molecule has 0 bridgehead atoms. The Morgan fingerprint density at radius 1 is 0.538 bits per heavy atom. The Morgan fingerprint density at radius 2 is 0.846 bits per heavy atom. The van der Waals surface area contributed by atoms with E-state index in [0.29, 0.717) is 8.45 Å². The van der Waals surface area contributed by atoms with Gasteiger partial charge in [-0.25, -0.2) is 0 Å². The average Bonchev–Trinajstić information content (AvgIpc) is 3.45. The molecule has 2 aromatic carbocycles. The molecule has 0 fully saturated rings. The number of hydrogen-bond acceptors (Lipinski definition) is 0. The van der Waals surface area contributed by atoms with Crippen LogP contribution in [0.25, 0.3) is 12.2 Å². The van der Waals surface area contributed by atoms with Crippen LogP contribution in [-0.4, -0.2) is 24.6 Å². The summed E-state index contributed by atoms with van der Waals surface area (Å²) in [6.45, 7) is 19.1. The molecule has 0 saturated heterocycles. The van der Waals surface area contributed by atoms with Crippen LogP contribution in [0, 0.1) is 27.7 Å². The van der Waals surface area contributed by atoms with E-state index >= 15 is 0 Å². The van der Waals surface area contributed by atoms with Gasteiger partial charge in [-0.05, 0) is 0 Å². The molecule has 0 N–H and O–H groups in total. The van der Waals surface area contributed by atoms with Gasteiger partial charge in [0.15, 0.2) is 0 Å². The Kier molecular flexibility index (Phi) is 14.5. The number of halogens is 2. The molecular weight excluding hydrogens is 589 g/mol. The summed E-state index contributed by atoms with van der Waals surface area (Å²) in [5.41, 5.74) is 12.7. The quantitative estimate of drug-likeness (QED) is 0.225. The van der Waals surface area contributed by atoms with Crippen LogP contribution < -0.4 is 24.8 Å². The molecule has 0 radical (unpaired) electrons. The molecule has 212 valence electrons. The zero-order chi connectivity index (χ0) is 26.7. The van der Waals surface area contributed by atoms with Crippen LogP contribution in [0.5, 0.6) is 0 Å². The van der Waals surface area contributed by atoms with E-state index in [4.69, 9.17) is 0 Å². The van der Waals surface area contributed by atoms with Gasteiger partial charge < -0.3 is 24.8 Å². The SMILES string of the molecule is CCCP(CCC)C1=Cc2c(C)ccc(C)c2[CH]1[Ti+2][CH]1C(P(CCC)CCC)=Cc2c(C)ccc(C)c21.[Cl-].[Cl-]. The smallest absolute Gasteiger partial charge is 1.00 e. The summed E-state index contributed by atoms with van der Waals surface area (Å²) >= 11 is -0.306. The maximum atomic E-state index is 2.71. The average molecular weight is 637 g/mol. The zero-order valence-electron chi connectivity index (χ0n) is 25.4. The molecular formula is C34H48Cl2P2Ti. The minimum Gasteiger partial charge on any atom is -1.00 e. The van der Waals surface area contributed by atoms with Crippen LogP contribution >= 0.6 is 15.8 Å². The number of hydrogen-bond donors (Lipinski definition) is 0. The van der Waals surface area contributed by atoms with Crippen molar-refractivity contribution in [3.8, 4) is 0 Å². The van der Waals surface area contributed by atoms with Gasteiger partial charge in [-0.1, -0.05) is 0 Å². The standard InChI is InChI=1S/2C17H24P.2ClH.Ti/c2*1-5-9-18(10-6-2)15-11-16-13(3)7-8-14(4)17(16)12-15;;;/h2*7-8,11-12H,5-6,9-10H2,1-4H3;2*1H;/q;;;;+2/p-2. The maximum Gasteiger partial charge on any atom is -1.00 e. The topological polar surface area (TPSA) is 0 Å². The first-order valence-corrected chi connectivity index (χ1v) is 20.0. The van der Waals surface area contributed by atoms with Crippen molar-refractivity contribution in [2.24, 2.45) is 0 Å². The Balaban J connectivity index is 0.00000267. The fourth-order valence-corrected chi connectivity index (χ4v) is 17.1. The molecule has 0 aliphatic heterocycles. The first-order valence-electron chi connectivity index (χ1n) is 14.7. The number of rotatable bonds is 12. The zero-order valence-corrected chi connectivity index (χ0v) is 30.3. The predicted molar refractivity (Wildman–Crippen MR) is 168 cm³/mol. The maximum absolute atomic E-state index is 2.71. The van der Waals surface area contributed by atoms with Crippen molar-refractivity contribution in [3.05, 3.63) is 79.4 Å². The molecule has 0 heterocycles. The van der Waals surface area contributed by atoms with Crippen molar-refractivity contribution in [2.45, 2.75) is 89.5 Å². The summed E-state index contributed by atoms with van der Waals surface area (Å²) in [6, 6.07) is 9.58. The third-order valence-corrected chi connectivity index (χ3v) is 18.1. The minimum atomic E-state index is -0.306. The Morgan fingerprint density at radius 3 is 1.15 bits per heavy atom. The minimum absolute atomic E-state index is 0. The van der Waals surface area contributed by atoms with Gasteiger partial charge in [0.05, 0.1) is 0 Å². The summed E-state index contributed by atoms with van der Waals surface area (Å²) in [5, 5.41) is 3.75. The normalized spacial score (nSPS) is 17.3. The third-order valence-electron chi connectivity index (χ3n) is 8.24. The van der Waals surface area contributed by atoms with Gasteiger partial charge in [-0.3, -0.25) is 0 Å². The van der Waals surface area contributed by atoms with Crippen LogP contribution in [0.2, 0.25) is 0 Å². The second-order valence-electron chi connectivity index (χ2n) is 11.2. The second-order valence-corrected chi connectivity index (χ2v) is 18.5. The molecule has 0 saturated carbocycles. The first kappa shape index (κ1) is 35.3. The number of benzene rings is 2. The van der Waals surface area contributed by atoms with E-state index in [1.54, 1.807) is 22.3 Å². The molecule has 39 heavy (non-hydrogen) atoms. The molecule has 0 aromatic heterocycles. The summed E-state index contributed by atoms with van der Waals surface area (Å²) < 4.78 is 1.41. The molecule has 2 unspecified atom stereocenters. The molecule has 2 aromatic rings. The van der Waals surface area contributed by atoms with Gasteiger partial charge in [-0.2, -0.15) is 0 Å². The van der Waals surface area contributed by atoms with E-state index < -0.39 is 0 Å². The summed E-state index contributed by atoms with van der Waals surface area (Å²) in [4.78, 5) is 0. The van der Waals surface area contributed by atoms with E-state index in [1.807, 2.05) is 10.6 Å². The Bertz CT molecular complexity index is 1080. The van der Waals surface area contributed by atoms with Gasteiger partial charge in [0.2, 0.25) is 0 Å². The molecule has 2 aliphatic rings. The third kappa shape index (κ3) is 7.36. The molecule has 0 spiro atoms. The van der Waals surface area contributed by atoms with Crippen LogP contribution in [0.3, 0.4) is 0 Å². The number of allylic oxidation sites excluding steroid dienone is 2. The fraction of sp³-hybridized carbons (Fsp3) is 0.529. The predicted octanol–water partition coefficient (Wildman–Crippen LogP) is 5.11. The van der Waals surface area contributed by atoms with E-state index in [-0.39, 0.29) is 59.8 Å². The molecule has 2 atom stereocenters. The van der Waals surface area contributed by atoms with Gasteiger partial charge in [0.25, 0.3) is 0 Å². The number of aryl methyl sites for hydroxylation is 4. The van der Waals surface area contributed by atoms with Crippen molar-refractivity contribution in [2.75, 3.05) is 24.6 Å². The van der Waals surface area contributed by atoms with E-state index in [9.17, 15) is 0 Å². The number of fused-ring (bicyclic) bond motifs is 2. The van der Waals surface area contributed by atoms with Crippen LogP contribution in [-0.2, 0) is 19.2 Å². The van der Waals surface area contributed by atoms with Crippen molar-refractivity contribution < 1.29 is 44.0 Å². The van der Waals surface area contributed by atoms with E-state index in [1.165, 1.54) is 72.6 Å². The summed E-state index contributed by atoms with van der Waals surface area (Å²) in [5.74, 6) is 0. The van der Waals surface area contributed by atoms with Gasteiger partial charge in [0, 0.05) is 0 Å². The van der Waals surface area contributed by atoms with Crippen molar-refractivity contribution in [3.63, 3.8) is 0 Å². The largest absolute Gasteiger partial charge is 1.00 e. The van der Waals surface area contributed by atoms with Gasteiger partial charge in [-0.15, -0.1) is 0 Å². The van der Waals surface area contributed by atoms with E-state index in [2.05, 4.69) is 91.8 Å². The van der Waals surface area contributed by atoms with Gasteiger partial charge in [0.1, 0.15) is 0 Å². The molecule has 4 rings (SSSR count). The summed E-state index contributed by atoms with van der Waals surface area (Å²) in [7, 11) is -0.0773. The fourth-order valence-electron chi connectivity index (χ4n) is 6.49. The molecule has 5 heteroatoms. The Hall–Kier alpha value is 0.0743. The Labute approximate surface area is 263 Å². The van der Waals surface area contributed by atoms with Crippen LogP contribution in [0.15, 0.2) is 34.9 Å². The van der Waals surface area contributed by atoms with Crippen molar-refractivity contribution in [1.82, 2.24) is 0 Å². The van der Waals surface area contributed by atoms with Crippen molar-refractivity contribution >= 4 is 28.0 Å². The first-order chi connectivity index (χ1) is 17.9. The van der Waals surface area contributed by atoms with Crippen molar-refractivity contribution in [1.29, 1.82) is 0 Å². The van der Waals surface area contributed by atoms with Gasteiger partial charge >= 0.3 is 241 Å². The second kappa shape index (κ2) is 16.1. The molecule has 0 nitrogen and oxygen atoms in total.